The number of aliphatic hydroxyl groups is 5. The van der Waals surface area contributed by atoms with Crippen molar-refractivity contribution >= 4 is 19.8 Å². The zero-order chi connectivity index (χ0) is 40.7. The highest BCUT2D eigenvalue weighted by Gasteiger charge is 2.51. The van der Waals surface area contributed by atoms with E-state index in [0.717, 1.165) is 64.2 Å². The Morgan fingerprint density at radius 2 is 1.02 bits per heavy atom. The number of allylic oxidation sites excluding steroid dienone is 8. The van der Waals surface area contributed by atoms with Crippen LogP contribution in [0.2, 0.25) is 0 Å². The van der Waals surface area contributed by atoms with E-state index in [0.29, 0.717) is 12.8 Å². The lowest BCUT2D eigenvalue weighted by molar-refractivity contribution is -0.220. The third-order valence-corrected chi connectivity index (χ3v) is 10.1. The fourth-order valence-corrected chi connectivity index (χ4v) is 6.78. The first-order valence-electron chi connectivity index (χ1n) is 20.4. The van der Waals surface area contributed by atoms with Crippen molar-refractivity contribution in [3.8, 4) is 0 Å². The smallest absolute Gasteiger partial charge is 0.462 e. The monoisotopic (exact) mass is 802 g/mol. The van der Waals surface area contributed by atoms with Crippen molar-refractivity contribution in [2.45, 2.75) is 185 Å². The molecule has 1 aliphatic carbocycles. The molecule has 1 aliphatic rings. The maximum atomic E-state index is 12.7. The lowest BCUT2D eigenvalue weighted by Gasteiger charge is -2.41. The van der Waals surface area contributed by atoms with E-state index >= 15 is 0 Å². The number of rotatable bonds is 32. The number of unbranched alkanes of at least 4 members (excludes halogenated alkanes) is 12. The first-order valence-corrected chi connectivity index (χ1v) is 21.9. The van der Waals surface area contributed by atoms with E-state index < -0.39 is 75.7 Å². The van der Waals surface area contributed by atoms with Crippen LogP contribution in [0.5, 0.6) is 0 Å². The lowest BCUT2D eigenvalue weighted by Crippen LogP contribution is -2.64. The van der Waals surface area contributed by atoms with Crippen LogP contribution in [0.25, 0.3) is 0 Å². The van der Waals surface area contributed by atoms with Crippen LogP contribution >= 0.6 is 7.82 Å². The molecule has 0 radical (unpaired) electrons. The summed E-state index contributed by atoms with van der Waals surface area (Å²) < 4.78 is 33.3. The molecule has 0 bridgehead atoms. The maximum Gasteiger partial charge on any atom is 0.472 e. The summed E-state index contributed by atoms with van der Waals surface area (Å²) in [6, 6.07) is 0. The van der Waals surface area contributed by atoms with Gasteiger partial charge >= 0.3 is 19.8 Å². The Morgan fingerprint density at radius 3 is 1.56 bits per heavy atom. The molecule has 1 saturated carbocycles. The van der Waals surface area contributed by atoms with Crippen molar-refractivity contribution in [2.24, 2.45) is 0 Å². The Morgan fingerprint density at radius 1 is 0.564 bits per heavy atom. The van der Waals surface area contributed by atoms with Gasteiger partial charge in [-0.1, -0.05) is 127 Å². The van der Waals surface area contributed by atoms with Crippen molar-refractivity contribution in [1.29, 1.82) is 0 Å². The summed E-state index contributed by atoms with van der Waals surface area (Å²) in [6.45, 7) is 3.14. The summed E-state index contributed by atoms with van der Waals surface area (Å²) in [6.07, 6.45) is 21.9. The third kappa shape index (κ3) is 24.9. The van der Waals surface area contributed by atoms with Crippen molar-refractivity contribution in [1.82, 2.24) is 0 Å². The molecule has 1 rings (SSSR count). The molecule has 0 aromatic rings. The second kappa shape index (κ2) is 31.8. The Bertz CT molecular complexity index is 1160. The van der Waals surface area contributed by atoms with Crippen molar-refractivity contribution in [3.63, 3.8) is 0 Å². The molecule has 0 amide bonds. The van der Waals surface area contributed by atoms with Crippen LogP contribution in [0.15, 0.2) is 48.6 Å². The van der Waals surface area contributed by atoms with E-state index in [1.54, 1.807) is 0 Å². The van der Waals surface area contributed by atoms with Gasteiger partial charge in [0.1, 0.15) is 43.2 Å². The van der Waals surface area contributed by atoms with Gasteiger partial charge in [0.15, 0.2) is 6.10 Å². The molecule has 0 aromatic heterocycles. The molecule has 13 nitrogen and oxygen atoms in total. The number of esters is 2. The molecular formula is C41H71O13P. The van der Waals surface area contributed by atoms with Crippen LogP contribution in [0.3, 0.4) is 0 Å². The molecule has 0 aromatic carbocycles. The third-order valence-electron chi connectivity index (χ3n) is 9.15. The highest BCUT2D eigenvalue weighted by molar-refractivity contribution is 7.47. The van der Waals surface area contributed by atoms with Gasteiger partial charge in [0, 0.05) is 12.8 Å². The number of carbonyl (C=O) groups is 2. The van der Waals surface area contributed by atoms with E-state index in [9.17, 15) is 44.6 Å². The summed E-state index contributed by atoms with van der Waals surface area (Å²) in [5, 5.41) is 49.9. The van der Waals surface area contributed by atoms with Crippen LogP contribution in [-0.4, -0.2) is 98.3 Å². The average molecular weight is 803 g/mol. The first kappa shape index (κ1) is 50.8. The minimum atomic E-state index is -5.12. The Hall–Kier alpha value is -2.19. The molecule has 0 saturated heterocycles. The predicted molar refractivity (Wildman–Crippen MR) is 212 cm³/mol. The van der Waals surface area contributed by atoms with Crippen LogP contribution in [-0.2, 0) is 32.7 Å². The van der Waals surface area contributed by atoms with Gasteiger partial charge in [0.05, 0.1) is 6.61 Å². The molecule has 1 fully saturated rings. The van der Waals surface area contributed by atoms with Crippen LogP contribution in [0, 0.1) is 0 Å². The van der Waals surface area contributed by atoms with E-state index in [1.165, 1.54) is 38.5 Å². The minimum Gasteiger partial charge on any atom is -0.462 e. The van der Waals surface area contributed by atoms with E-state index in [-0.39, 0.29) is 12.8 Å². The molecule has 55 heavy (non-hydrogen) atoms. The zero-order valence-electron chi connectivity index (χ0n) is 33.2. The van der Waals surface area contributed by atoms with E-state index in [2.05, 4.69) is 62.5 Å². The van der Waals surface area contributed by atoms with Gasteiger partial charge in [-0.3, -0.25) is 18.6 Å². The second-order valence-electron chi connectivity index (χ2n) is 14.1. The minimum absolute atomic E-state index is 0.0586. The summed E-state index contributed by atoms with van der Waals surface area (Å²) in [7, 11) is -5.12. The highest BCUT2D eigenvalue weighted by atomic mass is 31.2. The molecule has 0 spiro atoms. The number of aliphatic hydroxyl groups excluding tert-OH is 5. The molecule has 6 unspecified atom stereocenters. The standard InChI is InChI=1S/C41H71O13P/c1-3-5-7-9-11-13-14-15-16-17-18-19-20-22-24-26-28-30-35(43)53-33(31-51-34(42)29-27-25-23-21-12-10-8-6-4-2)32-52-55(49,50)54-41-39(47)37(45)36(44)38(46)40(41)48/h7,9,13-14,16-17,19-20,33,36-41,44-48H,3-6,8,10-12,15,18,21-32H2,1-2H3,(H,49,50)/b9-7+,14-13+,17-16+,20-19+/t33-,36?,37-,38?,39?,40?,41?/m1/s1. The quantitative estimate of drug-likeness (QED) is 0.0179. The molecule has 14 heteroatoms. The maximum absolute atomic E-state index is 12.7. The van der Waals surface area contributed by atoms with Crippen LogP contribution in [0.4, 0.5) is 0 Å². The Balaban J connectivity index is 2.54. The number of carbonyl (C=O) groups excluding carboxylic acids is 2. The number of phosphoric ester groups is 1. The first-order chi connectivity index (χ1) is 26.4. The fraction of sp³-hybridized carbons (Fsp3) is 0.756. The van der Waals surface area contributed by atoms with E-state index in [1.807, 2.05) is 0 Å². The van der Waals surface area contributed by atoms with Gasteiger partial charge < -0.3 is 39.9 Å². The van der Waals surface area contributed by atoms with Crippen molar-refractivity contribution in [2.75, 3.05) is 13.2 Å². The summed E-state index contributed by atoms with van der Waals surface area (Å²) in [5.74, 6) is -1.14. The molecular weight excluding hydrogens is 731 g/mol. The number of hydrogen-bond acceptors (Lipinski definition) is 12. The Labute approximate surface area is 329 Å². The Kier molecular flexibility index (Phi) is 29.4. The largest absolute Gasteiger partial charge is 0.472 e. The lowest BCUT2D eigenvalue weighted by atomic mass is 9.85. The zero-order valence-corrected chi connectivity index (χ0v) is 34.1. The topological polar surface area (TPSA) is 210 Å². The van der Waals surface area contributed by atoms with Gasteiger partial charge in [-0.2, -0.15) is 0 Å². The SMILES string of the molecule is CCC/C=C/C/C=C/C/C=C/C/C=C/CCCCCC(=O)O[C@H](COC(=O)CCCCCCCCCCC)COP(=O)(O)OC1C(O)C(O)C(O)[C@@H](O)C1O. The van der Waals surface area contributed by atoms with Gasteiger partial charge in [-0.25, -0.2) is 4.57 Å². The average Bonchev–Trinajstić information content (AvgIpc) is 3.16. The fourth-order valence-electron chi connectivity index (χ4n) is 5.81. The number of phosphoric acid groups is 1. The molecule has 8 atom stereocenters. The van der Waals surface area contributed by atoms with Crippen molar-refractivity contribution < 1.29 is 63.1 Å². The predicted octanol–water partition coefficient (Wildman–Crippen LogP) is 6.83. The van der Waals surface area contributed by atoms with E-state index in [4.69, 9.17) is 18.5 Å². The van der Waals surface area contributed by atoms with Crippen LogP contribution < -0.4 is 0 Å². The molecule has 0 heterocycles. The normalized spacial score (nSPS) is 23.6. The molecule has 0 aliphatic heterocycles. The van der Waals surface area contributed by atoms with Crippen LogP contribution in [0.1, 0.15) is 142 Å². The van der Waals surface area contributed by atoms with Gasteiger partial charge in [0.25, 0.3) is 0 Å². The number of ether oxygens (including phenoxy) is 2. The molecule has 6 N–H and O–H groups in total. The summed E-state index contributed by atoms with van der Waals surface area (Å²) in [5.41, 5.74) is 0. The van der Waals surface area contributed by atoms with Gasteiger partial charge in [0.2, 0.25) is 0 Å². The second-order valence-corrected chi connectivity index (χ2v) is 15.5. The van der Waals surface area contributed by atoms with Crippen molar-refractivity contribution in [3.05, 3.63) is 48.6 Å². The molecule has 318 valence electrons. The summed E-state index contributed by atoms with van der Waals surface area (Å²) >= 11 is 0. The number of hydrogen-bond donors (Lipinski definition) is 6. The summed E-state index contributed by atoms with van der Waals surface area (Å²) in [4.78, 5) is 35.4. The van der Waals surface area contributed by atoms with Gasteiger partial charge in [-0.05, 0) is 51.4 Å². The highest BCUT2D eigenvalue weighted by Crippen LogP contribution is 2.47. The van der Waals surface area contributed by atoms with Gasteiger partial charge in [-0.15, -0.1) is 0 Å².